The molecule has 0 fully saturated rings. The van der Waals surface area contributed by atoms with E-state index in [1.54, 1.807) is 0 Å². The number of rotatable bonds is 4. The van der Waals surface area contributed by atoms with Crippen LogP contribution in [0, 0.1) is 5.92 Å². The van der Waals surface area contributed by atoms with E-state index in [2.05, 4.69) is 0 Å². The Kier molecular flexibility index (Phi) is 7.75. The number of aliphatic carboxylic acids is 2. The van der Waals surface area contributed by atoms with E-state index in [9.17, 15) is 9.59 Å². The van der Waals surface area contributed by atoms with Gasteiger partial charge in [-0.2, -0.15) is 0 Å². The molecule has 0 heterocycles. The van der Waals surface area contributed by atoms with Crippen LogP contribution >= 0.6 is 0 Å². The fraction of sp³-hybridized carbons (Fsp3) is 0.800. The molecular formula is C10H20O6. The number of carboxylic acids is 2. The SMILES string of the molecule is CC(C)(O)C(O)C(=O)O.CC(C)CC(=O)O. The molecule has 0 saturated heterocycles. The third-order valence-electron chi connectivity index (χ3n) is 1.49. The first-order chi connectivity index (χ1) is 6.98. The van der Waals surface area contributed by atoms with Crippen LogP contribution in [-0.2, 0) is 9.59 Å². The first-order valence-corrected chi connectivity index (χ1v) is 4.83. The maximum Gasteiger partial charge on any atom is 0.335 e. The molecular weight excluding hydrogens is 216 g/mol. The van der Waals surface area contributed by atoms with E-state index < -0.39 is 23.6 Å². The van der Waals surface area contributed by atoms with E-state index in [4.69, 9.17) is 20.4 Å². The van der Waals surface area contributed by atoms with E-state index in [0.29, 0.717) is 0 Å². The van der Waals surface area contributed by atoms with Crippen molar-refractivity contribution < 1.29 is 30.0 Å². The van der Waals surface area contributed by atoms with Crippen LogP contribution in [0.3, 0.4) is 0 Å². The molecule has 4 N–H and O–H groups in total. The first kappa shape index (κ1) is 17.3. The van der Waals surface area contributed by atoms with Gasteiger partial charge in [-0.25, -0.2) is 4.79 Å². The topological polar surface area (TPSA) is 115 Å². The summed E-state index contributed by atoms with van der Waals surface area (Å²) >= 11 is 0. The van der Waals surface area contributed by atoms with Crippen LogP contribution < -0.4 is 0 Å². The number of carbonyl (C=O) groups is 2. The van der Waals surface area contributed by atoms with Crippen molar-refractivity contribution >= 4 is 11.9 Å². The number of aliphatic hydroxyl groups is 2. The average Bonchev–Trinajstić information content (AvgIpc) is 1.99. The minimum Gasteiger partial charge on any atom is -0.481 e. The van der Waals surface area contributed by atoms with Crippen molar-refractivity contribution in [1.29, 1.82) is 0 Å². The van der Waals surface area contributed by atoms with Gasteiger partial charge in [0.2, 0.25) is 0 Å². The van der Waals surface area contributed by atoms with Gasteiger partial charge in [0.25, 0.3) is 0 Å². The summed E-state index contributed by atoms with van der Waals surface area (Å²) in [5.41, 5.74) is -1.56. The van der Waals surface area contributed by atoms with Gasteiger partial charge in [-0.05, 0) is 19.8 Å². The van der Waals surface area contributed by atoms with Gasteiger partial charge in [0.1, 0.15) is 0 Å². The van der Waals surface area contributed by atoms with Crippen LogP contribution in [0.1, 0.15) is 34.1 Å². The van der Waals surface area contributed by atoms with Gasteiger partial charge in [-0.3, -0.25) is 4.79 Å². The lowest BCUT2D eigenvalue weighted by atomic mass is 10.0. The Hall–Kier alpha value is -1.14. The summed E-state index contributed by atoms with van der Waals surface area (Å²) < 4.78 is 0. The molecule has 0 rings (SSSR count). The lowest BCUT2D eigenvalue weighted by Crippen LogP contribution is -2.41. The second-order valence-corrected chi connectivity index (χ2v) is 4.39. The monoisotopic (exact) mass is 236 g/mol. The molecule has 6 heteroatoms. The van der Waals surface area contributed by atoms with Crippen molar-refractivity contribution in [3.05, 3.63) is 0 Å². The maximum atomic E-state index is 9.94. The van der Waals surface area contributed by atoms with Crippen molar-refractivity contribution in [3.63, 3.8) is 0 Å². The largest absolute Gasteiger partial charge is 0.481 e. The average molecular weight is 236 g/mol. The van der Waals surface area contributed by atoms with Crippen LogP contribution in [0.5, 0.6) is 0 Å². The van der Waals surface area contributed by atoms with Crippen molar-refractivity contribution in [2.45, 2.75) is 45.8 Å². The molecule has 0 aromatic rings. The van der Waals surface area contributed by atoms with E-state index in [1.807, 2.05) is 13.8 Å². The molecule has 0 radical (unpaired) electrons. The second kappa shape index (κ2) is 7.19. The quantitative estimate of drug-likeness (QED) is 0.558. The Morgan fingerprint density at radius 3 is 1.56 bits per heavy atom. The highest BCUT2D eigenvalue weighted by molar-refractivity contribution is 5.73. The molecule has 16 heavy (non-hydrogen) atoms. The summed E-state index contributed by atoms with van der Waals surface area (Å²) in [5, 5.41) is 33.6. The van der Waals surface area contributed by atoms with Gasteiger partial charge in [0.15, 0.2) is 6.10 Å². The lowest BCUT2D eigenvalue weighted by molar-refractivity contribution is -0.159. The Morgan fingerprint density at radius 1 is 1.19 bits per heavy atom. The van der Waals surface area contributed by atoms with E-state index in [0.717, 1.165) is 0 Å². The molecule has 0 spiro atoms. The molecule has 1 atom stereocenters. The zero-order valence-corrected chi connectivity index (χ0v) is 9.97. The fourth-order valence-corrected chi connectivity index (χ4v) is 0.651. The van der Waals surface area contributed by atoms with Crippen molar-refractivity contribution in [2.24, 2.45) is 5.92 Å². The minimum atomic E-state index is -1.71. The van der Waals surface area contributed by atoms with E-state index in [1.165, 1.54) is 13.8 Å². The third kappa shape index (κ3) is 10.9. The van der Waals surface area contributed by atoms with Crippen molar-refractivity contribution in [2.75, 3.05) is 0 Å². The van der Waals surface area contributed by atoms with Crippen LogP contribution in [0.2, 0.25) is 0 Å². The number of aliphatic hydroxyl groups excluding tert-OH is 1. The number of hydrogen-bond donors (Lipinski definition) is 4. The molecule has 96 valence electrons. The highest BCUT2D eigenvalue weighted by Gasteiger charge is 2.30. The maximum absolute atomic E-state index is 9.94. The summed E-state index contributed by atoms with van der Waals surface area (Å²) in [4.78, 5) is 19.7. The van der Waals surface area contributed by atoms with Gasteiger partial charge >= 0.3 is 11.9 Å². The van der Waals surface area contributed by atoms with Crippen LogP contribution in [0.4, 0.5) is 0 Å². The zero-order chi connectivity index (χ0) is 13.5. The Labute approximate surface area is 94.5 Å². The Morgan fingerprint density at radius 2 is 1.56 bits per heavy atom. The van der Waals surface area contributed by atoms with Gasteiger partial charge in [-0.15, -0.1) is 0 Å². The molecule has 0 aromatic heterocycles. The van der Waals surface area contributed by atoms with Gasteiger partial charge < -0.3 is 20.4 Å². The van der Waals surface area contributed by atoms with Crippen molar-refractivity contribution in [3.8, 4) is 0 Å². The highest BCUT2D eigenvalue weighted by Crippen LogP contribution is 2.07. The number of carboxylic acid groups (broad SMARTS) is 2. The molecule has 6 nitrogen and oxygen atoms in total. The van der Waals surface area contributed by atoms with Gasteiger partial charge in [0, 0.05) is 6.42 Å². The summed E-state index contributed by atoms with van der Waals surface area (Å²) in [5.74, 6) is -1.85. The molecule has 0 saturated carbocycles. The molecule has 0 bridgehead atoms. The zero-order valence-electron chi connectivity index (χ0n) is 9.97. The van der Waals surface area contributed by atoms with Gasteiger partial charge in [0.05, 0.1) is 5.60 Å². The normalized spacial score (nSPS) is 12.7. The van der Waals surface area contributed by atoms with Crippen LogP contribution in [0.15, 0.2) is 0 Å². The molecule has 0 aliphatic heterocycles. The number of hydrogen-bond acceptors (Lipinski definition) is 4. The van der Waals surface area contributed by atoms with E-state index in [-0.39, 0.29) is 12.3 Å². The first-order valence-electron chi connectivity index (χ1n) is 4.83. The summed E-state index contributed by atoms with van der Waals surface area (Å²) in [6.45, 7) is 6.22. The smallest absolute Gasteiger partial charge is 0.335 e. The molecule has 1 unspecified atom stereocenters. The molecule has 0 amide bonds. The fourth-order valence-electron chi connectivity index (χ4n) is 0.651. The molecule has 0 aliphatic rings. The van der Waals surface area contributed by atoms with E-state index >= 15 is 0 Å². The van der Waals surface area contributed by atoms with Crippen LogP contribution in [-0.4, -0.2) is 44.1 Å². The summed E-state index contributed by atoms with van der Waals surface area (Å²) in [6.07, 6.45) is -1.43. The molecule has 0 aliphatic carbocycles. The van der Waals surface area contributed by atoms with Crippen LogP contribution in [0.25, 0.3) is 0 Å². The standard InChI is InChI=1S/C5H10O4.C5H10O2/c1-5(2,9)3(6)4(7)8;1-4(2)3-5(6)7/h3,6,9H,1-2H3,(H,7,8);4H,3H2,1-2H3,(H,6,7). The third-order valence-corrected chi connectivity index (χ3v) is 1.49. The van der Waals surface area contributed by atoms with Gasteiger partial charge in [-0.1, -0.05) is 13.8 Å². The minimum absolute atomic E-state index is 0.275. The molecule has 0 aromatic carbocycles. The summed E-state index contributed by atoms with van der Waals surface area (Å²) in [7, 11) is 0. The predicted molar refractivity (Wildman–Crippen MR) is 57.0 cm³/mol. The summed E-state index contributed by atoms with van der Waals surface area (Å²) in [6, 6.07) is 0. The van der Waals surface area contributed by atoms with Crippen molar-refractivity contribution in [1.82, 2.24) is 0 Å². The predicted octanol–water partition coefficient (Wildman–Crippen LogP) is 0.320. The highest BCUT2D eigenvalue weighted by atomic mass is 16.4. The lowest BCUT2D eigenvalue weighted by Gasteiger charge is -2.19. The Bertz CT molecular complexity index is 228. The Balaban J connectivity index is 0. The second-order valence-electron chi connectivity index (χ2n) is 4.39.